The van der Waals surface area contributed by atoms with Crippen LogP contribution in [0, 0.1) is 57.2 Å². The predicted molar refractivity (Wildman–Crippen MR) is 156 cm³/mol. The molecule has 0 aliphatic heterocycles. The van der Waals surface area contributed by atoms with Gasteiger partial charge in [0, 0.05) is 31.6 Å². The van der Waals surface area contributed by atoms with Crippen LogP contribution in [-0.2, 0) is 28.7 Å². The molecule has 6 nitrogen and oxygen atoms in total. The molecule has 0 bridgehead atoms. The molecule has 6 heteroatoms. The molecule has 12 atom stereocenters. The Bertz CT molecular complexity index is 1200. The maximum absolute atomic E-state index is 13.8. The van der Waals surface area contributed by atoms with Crippen molar-refractivity contribution in [2.75, 3.05) is 0 Å². The number of fused-ring (bicyclic) bond motifs is 2. The molecule has 0 radical (unpaired) electrons. The van der Waals surface area contributed by atoms with Crippen molar-refractivity contribution >= 4 is 23.5 Å². The van der Waals surface area contributed by atoms with Crippen LogP contribution >= 0.6 is 0 Å². The molecule has 0 unspecified atom stereocenters. The van der Waals surface area contributed by atoms with Crippen LogP contribution in [0.3, 0.4) is 0 Å². The van der Waals surface area contributed by atoms with Crippen LogP contribution in [0.1, 0.15) is 100 Å². The second-order valence-corrected chi connectivity index (χ2v) is 14.9. The minimum atomic E-state index is -0.969. The number of esters is 2. The van der Waals surface area contributed by atoms with Crippen molar-refractivity contribution in [3.05, 3.63) is 24.3 Å². The summed E-state index contributed by atoms with van der Waals surface area (Å²) in [6.07, 6.45) is 9.54. The topological polar surface area (TPSA) is 86.7 Å². The van der Waals surface area contributed by atoms with Gasteiger partial charge in [-0.2, -0.15) is 0 Å². The molecule has 0 heterocycles. The summed E-state index contributed by atoms with van der Waals surface area (Å²) in [5, 5.41) is 0. The van der Waals surface area contributed by atoms with E-state index in [1.54, 1.807) is 0 Å². The third-order valence-electron chi connectivity index (χ3n) is 13.5. The van der Waals surface area contributed by atoms with Crippen LogP contribution in [0.2, 0.25) is 0 Å². The Morgan fingerprint density at radius 2 is 1.76 bits per heavy atom. The first kappa shape index (κ1) is 30.2. The quantitative estimate of drug-likeness (QED) is 0.241. The second-order valence-electron chi connectivity index (χ2n) is 14.9. The smallest absolute Gasteiger partial charge is 0.303 e. The lowest BCUT2D eigenvalue weighted by Crippen LogP contribution is -2.56. The monoisotopic (exact) mass is 566 g/mol. The molecule has 5 rings (SSSR count). The second kappa shape index (κ2) is 9.91. The largest absolute Gasteiger partial charge is 0.462 e. The summed E-state index contributed by atoms with van der Waals surface area (Å²) < 4.78 is 11.9. The minimum Gasteiger partial charge on any atom is -0.462 e. The fourth-order valence-electron chi connectivity index (χ4n) is 11.1. The molecule has 2 spiro atoms. The van der Waals surface area contributed by atoms with E-state index in [0.717, 1.165) is 44.9 Å². The Morgan fingerprint density at radius 3 is 2.37 bits per heavy atom. The van der Waals surface area contributed by atoms with Crippen LogP contribution in [0.15, 0.2) is 24.3 Å². The van der Waals surface area contributed by atoms with Crippen LogP contribution < -0.4 is 0 Å². The highest BCUT2D eigenvalue weighted by atomic mass is 16.6. The fourth-order valence-corrected chi connectivity index (χ4v) is 11.1. The van der Waals surface area contributed by atoms with E-state index in [9.17, 15) is 19.2 Å². The summed E-state index contributed by atoms with van der Waals surface area (Å²) in [6, 6.07) is 0. The maximum atomic E-state index is 13.8. The number of hydrogen-bond acceptors (Lipinski definition) is 6. The van der Waals surface area contributed by atoms with Gasteiger partial charge in [0.2, 0.25) is 0 Å². The van der Waals surface area contributed by atoms with Gasteiger partial charge in [0.1, 0.15) is 6.10 Å². The normalized spacial score (nSPS) is 44.3. The van der Waals surface area contributed by atoms with Crippen LogP contribution in [-0.4, -0.2) is 35.7 Å². The molecule has 0 aromatic heterocycles. The Balaban J connectivity index is 1.54. The molecule has 4 fully saturated rings. The number of carbonyl (C=O) groups is 4. The van der Waals surface area contributed by atoms with Gasteiger partial charge in [0.25, 0.3) is 0 Å². The molecule has 5 aliphatic carbocycles. The van der Waals surface area contributed by atoms with Gasteiger partial charge in [-0.1, -0.05) is 54.2 Å². The molecular weight excluding hydrogens is 516 g/mol. The SMILES string of the molecule is C=C(C(=O)[C@H](OC(C)=O)[C@@H](C)[C@H]1[C@@H](OC(C)=O)C[C@@]2(C)[C@@H]3CC[C@H]4[C@H](C)C(=O)C=C[C@@]45C[C@@]35CC[C@]12C)[C@@H](C)CC. The highest BCUT2D eigenvalue weighted by Gasteiger charge is 2.81. The van der Waals surface area contributed by atoms with E-state index < -0.39 is 12.1 Å². The average Bonchev–Trinajstić information content (AvgIpc) is 3.52. The highest BCUT2D eigenvalue weighted by Crippen LogP contribution is 2.87. The van der Waals surface area contributed by atoms with E-state index in [0.29, 0.717) is 17.4 Å². The van der Waals surface area contributed by atoms with E-state index in [4.69, 9.17) is 9.47 Å². The van der Waals surface area contributed by atoms with Crippen LogP contribution in [0.5, 0.6) is 0 Å². The summed E-state index contributed by atoms with van der Waals surface area (Å²) in [7, 11) is 0. The number of rotatable bonds is 8. The lowest BCUT2D eigenvalue weighted by atomic mass is 9.43. The van der Waals surface area contributed by atoms with Crippen molar-refractivity contribution in [1.29, 1.82) is 0 Å². The Labute approximate surface area is 246 Å². The van der Waals surface area contributed by atoms with Gasteiger partial charge >= 0.3 is 11.9 Å². The summed E-state index contributed by atoms with van der Waals surface area (Å²) in [6.45, 7) is 19.8. The predicted octanol–water partition coefficient (Wildman–Crippen LogP) is 6.66. The van der Waals surface area contributed by atoms with Gasteiger partial charge in [-0.15, -0.1) is 0 Å². The molecule has 41 heavy (non-hydrogen) atoms. The minimum absolute atomic E-state index is 0.0185. The van der Waals surface area contributed by atoms with E-state index in [-0.39, 0.29) is 69.0 Å². The number of allylic oxidation sites excluding steroid dienone is 2. The summed E-state index contributed by atoms with van der Waals surface area (Å²) in [5.74, 6) is -0.382. The fraction of sp³-hybridized carbons (Fsp3) is 0.771. The van der Waals surface area contributed by atoms with Crippen molar-refractivity contribution in [1.82, 2.24) is 0 Å². The van der Waals surface area contributed by atoms with E-state index in [2.05, 4.69) is 33.4 Å². The van der Waals surface area contributed by atoms with Gasteiger partial charge in [0.15, 0.2) is 17.7 Å². The number of ketones is 2. The zero-order valence-corrected chi connectivity index (χ0v) is 26.4. The van der Waals surface area contributed by atoms with Crippen LogP contribution in [0.4, 0.5) is 0 Å². The van der Waals surface area contributed by atoms with Crippen molar-refractivity contribution in [3.63, 3.8) is 0 Å². The van der Waals surface area contributed by atoms with Crippen molar-refractivity contribution in [3.8, 4) is 0 Å². The van der Waals surface area contributed by atoms with Gasteiger partial charge in [-0.3, -0.25) is 19.2 Å². The molecule has 0 aromatic carbocycles. The van der Waals surface area contributed by atoms with Crippen LogP contribution in [0.25, 0.3) is 0 Å². The summed E-state index contributed by atoms with van der Waals surface area (Å²) in [5.41, 5.74) is 0.390. The summed E-state index contributed by atoms with van der Waals surface area (Å²) >= 11 is 0. The zero-order chi connectivity index (χ0) is 30.3. The molecular formula is C35H50O6. The first-order valence-corrected chi connectivity index (χ1v) is 15.9. The van der Waals surface area contributed by atoms with Crippen molar-refractivity contribution in [2.45, 2.75) is 113 Å². The Hall–Kier alpha value is -2.24. The number of Topliss-reactive ketones (excluding diaryl/α,β-unsaturated/α-hetero) is 1. The Kier molecular flexibility index (Phi) is 7.30. The van der Waals surface area contributed by atoms with Crippen molar-refractivity contribution in [2.24, 2.45) is 57.2 Å². The number of ether oxygens (including phenoxy) is 2. The van der Waals surface area contributed by atoms with Gasteiger partial charge in [-0.25, -0.2) is 0 Å². The first-order chi connectivity index (χ1) is 19.1. The molecule has 0 N–H and O–H groups in total. The van der Waals surface area contributed by atoms with E-state index in [1.165, 1.54) is 13.8 Å². The molecule has 4 saturated carbocycles. The lowest BCUT2D eigenvalue weighted by molar-refractivity contribution is -0.166. The standard InChI is InChI=1S/C35H50O6/c1-10-19(2)20(3)30(39)31(41-24(7)37)22(5)29-27(40-23(6)36)17-33(9)28-12-11-25-21(4)26(38)13-14-34(25)18-35(28,34)16-15-32(29,33)8/h13-14,19,21-22,25,27-29,31H,3,10-12,15-18H2,1-2,4-9H3/t19-,21-,22-,25-,27-,28-,29-,31+,32+,33-,34+,35-/m0/s1. The molecule has 226 valence electrons. The summed E-state index contributed by atoms with van der Waals surface area (Å²) in [4.78, 5) is 51.3. The molecule has 5 aliphatic rings. The number of carbonyl (C=O) groups excluding carboxylic acids is 4. The first-order valence-electron chi connectivity index (χ1n) is 15.9. The van der Waals surface area contributed by atoms with E-state index in [1.807, 2.05) is 26.8 Å². The van der Waals surface area contributed by atoms with Gasteiger partial charge in [-0.05, 0) is 96.0 Å². The maximum Gasteiger partial charge on any atom is 0.303 e. The van der Waals surface area contributed by atoms with Crippen molar-refractivity contribution < 1.29 is 28.7 Å². The van der Waals surface area contributed by atoms with Gasteiger partial charge in [0.05, 0.1) is 0 Å². The third-order valence-corrected chi connectivity index (χ3v) is 13.5. The highest BCUT2D eigenvalue weighted by molar-refractivity contribution is 5.99. The average molecular weight is 567 g/mol. The number of hydrogen-bond donors (Lipinski definition) is 0. The third kappa shape index (κ3) is 4.08. The zero-order valence-electron chi connectivity index (χ0n) is 26.4. The lowest BCUT2D eigenvalue weighted by Gasteiger charge is -2.61. The molecule has 0 saturated heterocycles. The molecule has 0 amide bonds. The van der Waals surface area contributed by atoms with Gasteiger partial charge < -0.3 is 9.47 Å². The molecule has 0 aromatic rings. The Morgan fingerprint density at radius 1 is 1.07 bits per heavy atom. The van der Waals surface area contributed by atoms with E-state index >= 15 is 0 Å².